The lowest BCUT2D eigenvalue weighted by Crippen LogP contribution is -2.21. The number of carboxylic acid groups (broad SMARTS) is 1. The van der Waals surface area contributed by atoms with Gasteiger partial charge in [-0.2, -0.15) is 0 Å². The molecule has 1 aromatic rings. The first-order valence-corrected chi connectivity index (χ1v) is 3.85. The minimum Gasteiger partial charge on any atom is -0.477 e. The Morgan fingerprint density at radius 1 is 1.46 bits per heavy atom. The molecule has 0 aliphatic heterocycles. The highest BCUT2D eigenvalue weighted by Gasteiger charge is 2.14. The van der Waals surface area contributed by atoms with Crippen molar-refractivity contribution in [3.8, 4) is 0 Å². The molecule has 0 saturated heterocycles. The number of nitrogens with zero attached hydrogens (tertiary/aromatic N) is 1. The van der Waals surface area contributed by atoms with E-state index < -0.39 is 11.4 Å². The number of pyridine rings is 1. The number of carboxylic acids is 1. The van der Waals surface area contributed by atoms with Crippen molar-refractivity contribution in [1.29, 1.82) is 0 Å². The lowest BCUT2D eigenvalue weighted by Gasteiger charge is -2.09. The van der Waals surface area contributed by atoms with Gasteiger partial charge in [-0.15, -0.1) is 0 Å². The number of rotatable bonds is 1. The Labute approximate surface area is 75.4 Å². The van der Waals surface area contributed by atoms with Gasteiger partial charge in [0.05, 0.1) is 0 Å². The quantitative estimate of drug-likeness (QED) is 0.693. The molecule has 0 fully saturated rings. The van der Waals surface area contributed by atoms with Gasteiger partial charge in [-0.1, -0.05) is 0 Å². The maximum Gasteiger partial charge on any atom is 0.341 e. The summed E-state index contributed by atoms with van der Waals surface area (Å²) in [5.74, 6) is -1.17. The number of carbonyl (C=O) groups is 1. The first kappa shape index (κ1) is 9.51. The van der Waals surface area contributed by atoms with Gasteiger partial charge in [-0.25, -0.2) is 4.79 Å². The van der Waals surface area contributed by atoms with E-state index in [0.717, 1.165) is 5.69 Å². The van der Waals surface area contributed by atoms with E-state index in [0.29, 0.717) is 5.69 Å². The molecular formula is C9H11NO3. The van der Waals surface area contributed by atoms with Crippen molar-refractivity contribution in [2.24, 2.45) is 7.05 Å². The maximum absolute atomic E-state index is 11.3. The van der Waals surface area contributed by atoms with Crippen LogP contribution in [0, 0.1) is 13.8 Å². The van der Waals surface area contributed by atoms with Crippen molar-refractivity contribution in [3.63, 3.8) is 0 Å². The molecule has 1 heterocycles. The van der Waals surface area contributed by atoms with Crippen molar-refractivity contribution < 1.29 is 9.90 Å². The highest BCUT2D eigenvalue weighted by Crippen LogP contribution is 2.04. The molecule has 1 rings (SSSR count). The van der Waals surface area contributed by atoms with Crippen molar-refractivity contribution in [1.82, 2.24) is 4.57 Å². The lowest BCUT2D eigenvalue weighted by atomic mass is 10.1. The topological polar surface area (TPSA) is 59.3 Å². The monoisotopic (exact) mass is 181 g/mol. The van der Waals surface area contributed by atoms with Crippen molar-refractivity contribution in [3.05, 3.63) is 33.2 Å². The van der Waals surface area contributed by atoms with Gasteiger partial charge in [0.2, 0.25) is 0 Å². The zero-order valence-electron chi connectivity index (χ0n) is 7.79. The summed E-state index contributed by atoms with van der Waals surface area (Å²) in [6.07, 6.45) is 0. The molecule has 0 aliphatic rings. The van der Waals surface area contributed by atoms with E-state index in [1.54, 1.807) is 25.5 Å². The molecule has 70 valence electrons. The summed E-state index contributed by atoms with van der Waals surface area (Å²) in [6.45, 7) is 3.39. The van der Waals surface area contributed by atoms with Crippen LogP contribution in [-0.4, -0.2) is 15.6 Å². The van der Waals surface area contributed by atoms with Crippen LogP contribution in [0.5, 0.6) is 0 Å². The van der Waals surface area contributed by atoms with Crippen LogP contribution in [-0.2, 0) is 7.05 Å². The highest BCUT2D eigenvalue weighted by atomic mass is 16.4. The molecular weight excluding hydrogens is 170 g/mol. The summed E-state index contributed by atoms with van der Waals surface area (Å²) in [5, 5.41) is 8.75. The fraction of sp³-hybridized carbons (Fsp3) is 0.333. The standard InChI is InChI=1S/C9H11NO3/c1-5-4-7(11)8(9(12)13)6(2)10(5)3/h4H,1-3H3,(H,12,13). The molecule has 1 N–H and O–H groups in total. The van der Waals surface area contributed by atoms with E-state index >= 15 is 0 Å². The summed E-state index contributed by atoms with van der Waals surface area (Å²) in [5.41, 5.74) is 0.665. The minimum absolute atomic E-state index is 0.145. The van der Waals surface area contributed by atoms with Crippen molar-refractivity contribution in [2.45, 2.75) is 13.8 Å². The number of hydrogen-bond donors (Lipinski definition) is 1. The predicted molar refractivity (Wildman–Crippen MR) is 48.1 cm³/mol. The van der Waals surface area contributed by atoms with Crippen molar-refractivity contribution in [2.75, 3.05) is 0 Å². The zero-order valence-corrected chi connectivity index (χ0v) is 7.79. The van der Waals surface area contributed by atoms with Gasteiger partial charge in [0.15, 0.2) is 5.43 Å². The largest absolute Gasteiger partial charge is 0.477 e. The summed E-state index contributed by atoms with van der Waals surface area (Å²) in [6, 6.07) is 1.33. The molecule has 0 saturated carbocycles. The Hall–Kier alpha value is -1.58. The third kappa shape index (κ3) is 1.47. The highest BCUT2D eigenvalue weighted by molar-refractivity contribution is 5.88. The van der Waals surface area contributed by atoms with Crippen LogP contribution in [0.25, 0.3) is 0 Å². The number of aromatic nitrogens is 1. The van der Waals surface area contributed by atoms with Crippen LogP contribution >= 0.6 is 0 Å². The minimum atomic E-state index is -1.17. The summed E-state index contributed by atoms with van der Waals surface area (Å²) in [7, 11) is 1.73. The van der Waals surface area contributed by atoms with Crippen LogP contribution in [0.3, 0.4) is 0 Å². The lowest BCUT2D eigenvalue weighted by molar-refractivity contribution is 0.0693. The summed E-state index contributed by atoms with van der Waals surface area (Å²) in [4.78, 5) is 22.0. The second kappa shape index (κ2) is 3.05. The Morgan fingerprint density at radius 2 is 2.00 bits per heavy atom. The number of aryl methyl sites for hydroxylation is 1. The Kier molecular flexibility index (Phi) is 2.23. The molecule has 0 amide bonds. The van der Waals surface area contributed by atoms with Crippen molar-refractivity contribution >= 4 is 5.97 Å². The molecule has 4 nitrogen and oxygen atoms in total. The SMILES string of the molecule is Cc1cc(=O)c(C(=O)O)c(C)n1C. The predicted octanol–water partition coefficient (Wildman–Crippen LogP) is 0.700. The third-order valence-electron chi connectivity index (χ3n) is 2.19. The van der Waals surface area contributed by atoms with E-state index in [-0.39, 0.29) is 5.56 Å². The van der Waals surface area contributed by atoms with Gasteiger partial charge in [0, 0.05) is 24.5 Å². The van der Waals surface area contributed by atoms with Crippen LogP contribution in [0.1, 0.15) is 21.7 Å². The van der Waals surface area contributed by atoms with Crippen LogP contribution in [0.2, 0.25) is 0 Å². The van der Waals surface area contributed by atoms with E-state index in [2.05, 4.69) is 0 Å². The second-order valence-electron chi connectivity index (χ2n) is 2.97. The molecule has 0 aromatic carbocycles. The smallest absolute Gasteiger partial charge is 0.341 e. The molecule has 0 aliphatic carbocycles. The molecule has 0 spiro atoms. The van der Waals surface area contributed by atoms with Crippen LogP contribution in [0.15, 0.2) is 10.9 Å². The van der Waals surface area contributed by atoms with E-state index in [1.807, 2.05) is 0 Å². The number of hydrogen-bond acceptors (Lipinski definition) is 2. The Balaban J connectivity index is 3.63. The summed E-state index contributed by atoms with van der Waals surface area (Å²) >= 11 is 0. The first-order valence-electron chi connectivity index (χ1n) is 3.85. The van der Waals surface area contributed by atoms with E-state index in [9.17, 15) is 9.59 Å². The fourth-order valence-electron chi connectivity index (χ4n) is 1.23. The normalized spacial score (nSPS) is 10.1. The molecule has 4 heteroatoms. The van der Waals surface area contributed by atoms with Gasteiger partial charge in [-0.3, -0.25) is 4.79 Å². The zero-order chi connectivity index (χ0) is 10.2. The first-order chi connectivity index (χ1) is 5.95. The fourth-order valence-corrected chi connectivity index (χ4v) is 1.23. The Morgan fingerprint density at radius 3 is 2.46 bits per heavy atom. The van der Waals surface area contributed by atoms with Crippen LogP contribution in [0.4, 0.5) is 0 Å². The van der Waals surface area contributed by atoms with Crippen LogP contribution < -0.4 is 5.43 Å². The number of aromatic carboxylic acids is 1. The average Bonchev–Trinajstić information content (AvgIpc) is 1.99. The second-order valence-corrected chi connectivity index (χ2v) is 2.97. The molecule has 13 heavy (non-hydrogen) atoms. The molecule has 0 radical (unpaired) electrons. The van der Waals surface area contributed by atoms with Gasteiger partial charge in [0.1, 0.15) is 5.56 Å². The van der Waals surface area contributed by atoms with Gasteiger partial charge < -0.3 is 9.67 Å². The molecule has 1 aromatic heterocycles. The molecule has 0 bridgehead atoms. The molecule has 0 atom stereocenters. The molecule has 0 unspecified atom stereocenters. The average molecular weight is 181 g/mol. The van der Waals surface area contributed by atoms with Gasteiger partial charge >= 0.3 is 5.97 Å². The summed E-state index contributed by atoms with van der Waals surface area (Å²) < 4.78 is 1.69. The maximum atomic E-state index is 11.3. The third-order valence-corrected chi connectivity index (χ3v) is 2.19. The van der Waals surface area contributed by atoms with Gasteiger partial charge in [-0.05, 0) is 13.8 Å². The Bertz CT molecular complexity index is 418. The van der Waals surface area contributed by atoms with E-state index in [4.69, 9.17) is 5.11 Å². The van der Waals surface area contributed by atoms with E-state index in [1.165, 1.54) is 6.07 Å². The van der Waals surface area contributed by atoms with Gasteiger partial charge in [0.25, 0.3) is 0 Å².